The number of hydrogen-bond donors (Lipinski definition) is 1. The molecule has 0 amide bonds. The molecule has 1 saturated heterocycles. The molecule has 0 unspecified atom stereocenters. The quantitative estimate of drug-likeness (QED) is 0.776. The number of nitrogens with zero attached hydrogens (tertiary/aromatic N) is 5. The lowest BCUT2D eigenvalue weighted by Gasteiger charge is -2.28. The van der Waals surface area contributed by atoms with Gasteiger partial charge in [-0.2, -0.15) is 5.10 Å². The van der Waals surface area contributed by atoms with Crippen LogP contribution in [0.1, 0.15) is 5.69 Å². The number of morpholine rings is 1. The largest absolute Gasteiger partial charge is 0.378 e. The van der Waals surface area contributed by atoms with Gasteiger partial charge in [-0.3, -0.25) is 4.68 Å². The molecule has 1 N–H and O–H groups in total. The van der Waals surface area contributed by atoms with Crippen molar-refractivity contribution >= 4 is 16.9 Å². The van der Waals surface area contributed by atoms with Crippen LogP contribution in [-0.4, -0.2) is 51.0 Å². The number of hydrogen-bond acceptors (Lipinski definition) is 5. The molecular formula is C15H18N6O. The van der Waals surface area contributed by atoms with Crippen LogP contribution in [0.15, 0.2) is 18.7 Å². The third-order valence-electron chi connectivity index (χ3n) is 4.06. The molecule has 0 atom stereocenters. The standard InChI is InChI=1S/C15H18N6O/c1-10-12(8-20(2)19-10)11-7-16-14-13(11)15(18-9-17-14)21-3-5-22-6-4-21/h7-9H,3-6H2,1-2H3,(H,16,17,18). The molecule has 22 heavy (non-hydrogen) atoms. The SMILES string of the molecule is Cc1nn(C)cc1-c1c[nH]c2ncnc(N3CCOCC3)c12. The van der Waals surface area contributed by atoms with Gasteiger partial charge in [-0.15, -0.1) is 0 Å². The van der Waals surface area contributed by atoms with Crippen LogP contribution >= 0.6 is 0 Å². The Morgan fingerprint density at radius 3 is 2.73 bits per heavy atom. The van der Waals surface area contributed by atoms with Crippen LogP contribution < -0.4 is 4.90 Å². The van der Waals surface area contributed by atoms with Gasteiger partial charge >= 0.3 is 0 Å². The fourth-order valence-corrected chi connectivity index (χ4v) is 3.04. The van der Waals surface area contributed by atoms with E-state index in [4.69, 9.17) is 4.74 Å². The topological polar surface area (TPSA) is 71.9 Å². The van der Waals surface area contributed by atoms with E-state index in [0.717, 1.165) is 60.0 Å². The fourth-order valence-electron chi connectivity index (χ4n) is 3.04. The monoisotopic (exact) mass is 298 g/mol. The molecule has 1 fully saturated rings. The zero-order chi connectivity index (χ0) is 15.1. The first-order chi connectivity index (χ1) is 10.7. The third-order valence-corrected chi connectivity index (χ3v) is 4.06. The van der Waals surface area contributed by atoms with E-state index in [1.165, 1.54) is 0 Å². The van der Waals surface area contributed by atoms with Crippen LogP contribution in [0.25, 0.3) is 22.2 Å². The highest BCUT2D eigenvalue weighted by molar-refractivity contribution is 6.01. The highest BCUT2D eigenvalue weighted by Crippen LogP contribution is 2.34. The molecule has 0 spiro atoms. The van der Waals surface area contributed by atoms with E-state index in [0.29, 0.717) is 0 Å². The lowest BCUT2D eigenvalue weighted by Crippen LogP contribution is -2.36. The van der Waals surface area contributed by atoms with E-state index in [1.54, 1.807) is 6.33 Å². The van der Waals surface area contributed by atoms with Crippen LogP contribution in [0.4, 0.5) is 5.82 Å². The third kappa shape index (κ3) is 2.05. The molecule has 4 rings (SSSR count). The Labute approximate surface area is 127 Å². The summed E-state index contributed by atoms with van der Waals surface area (Å²) in [6, 6.07) is 0. The molecule has 0 aromatic carbocycles. The summed E-state index contributed by atoms with van der Waals surface area (Å²) in [7, 11) is 1.94. The Kier molecular flexibility index (Phi) is 3.07. The maximum atomic E-state index is 5.45. The number of aromatic amines is 1. The van der Waals surface area contributed by atoms with Crippen LogP contribution in [0.3, 0.4) is 0 Å². The number of aromatic nitrogens is 5. The van der Waals surface area contributed by atoms with Crippen molar-refractivity contribution in [1.82, 2.24) is 24.7 Å². The normalized spacial score (nSPS) is 15.6. The molecule has 0 aliphatic carbocycles. The van der Waals surface area contributed by atoms with E-state index in [-0.39, 0.29) is 0 Å². The summed E-state index contributed by atoms with van der Waals surface area (Å²) in [5.41, 5.74) is 4.07. The molecule has 0 bridgehead atoms. The summed E-state index contributed by atoms with van der Waals surface area (Å²) in [5, 5.41) is 5.50. The van der Waals surface area contributed by atoms with Crippen molar-refractivity contribution in [3.63, 3.8) is 0 Å². The number of fused-ring (bicyclic) bond motifs is 1. The minimum Gasteiger partial charge on any atom is -0.378 e. The van der Waals surface area contributed by atoms with Gasteiger partial charge in [0, 0.05) is 43.7 Å². The van der Waals surface area contributed by atoms with E-state index in [1.807, 2.05) is 31.0 Å². The molecule has 7 heteroatoms. The number of aryl methyl sites for hydroxylation is 2. The van der Waals surface area contributed by atoms with Gasteiger partial charge in [0.05, 0.1) is 24.3 Å². The second kappa shape index (κ2) is 5.10. The predicted octanol–water partition coefficient (Wildman–Crippen LogP) is 1.50. The first-order valence-electron chi connectivity index (χ1n) is 7.39. The molecule has 0 saturated carbocycles. The first kappa shape index (κ1) is 13.3. The maximum absolute atomic E-state index is 5.45. The van der Waals surface area contributed by atoms with Crippen molar-refractivity contribution in [3.8, 4) is 11.1 Å². The molecule has 7 nitrogen and oxygen atoms in total. The van der Waals surface area contributed by atoms with Crippen molar-refractivity contribution in [2.45, 2.75) is 6.92 Å². The van der Waals surface area contributed by atoms with Crippen molar-refractivity contribution in [1.29, 1.82) is 0 Å². The van der Waals surface area contributed by atoms with E-state index in [9.17, 15) is 0 Å². The van der Waals surface area contributed by atoms with Gasteiger partial charge in [0.1, 0.15) is 17.8 Å². The minimum atomic E-state index is 0.733. The second-order valence-corrected chi connectivity index (χ2v) is 5.52. The second-order valence-electron chi connectivity index (χ2n) is 5.52. The highest BCUT2D eigenvalue weighted by atomic mass is 16.5. The van der Waals surface area contributed by atoms with Crippen LogP contribution in [0, 0.1) is 6.92 Å². The summed E-state index contributed by atoms with van der Waals surface area (Å²) >= 11 is 0. The van der Waals surface area contributed by atoms with Gasteiger partial charge in [0.15, 0.2) is 0 Å². The number of ether oxygens (including phenoxy) is 1. The molecule has 1 aliphatic rings. The number of nitrogens with one attached hydrogen (secondary N) is 1. The first-order valence-corrected chi connectivity index (χ1v) is 7.39. The Morgan fingerprint density at radius 2 is 2.00 bits per heavy atom. The zero-order valence-electron chi connectivity index (χ0n) is 12.7. The van der Waals surface area contributed by atoms with Crippen molar-refractivity contribution < 1.29 is 4.74 Å². The number of rotatable bonds is 2. The summed E-state index contributed by atoms with van der Waals surface area (Å²) in [6.07, 6.45) is 5.64. The summed E-state index contributed by atoms with van der Waals surface area (Å²) in [4.78, 5) is 14.4. The van der Waals surface area contributed by atoms with Gasteiger partial charge in [-0.1, -0.05) is 0 Å². The van der Waals surface area contributed by atoms with Gasteiger partial charge in [0.2, 0.25) is 0 Å². The lowest BCUT2D eigenvalue weighted by atomic mass is 10.1. The van der Waals surface area contributed by atoms with Crippen LogP contribution in [0.5, 0.6) is 0 Å². The number of H-pyrrole nitrogens is 1. The van der Waals surface area contributed by atoms with Gasteiger partial charge in [-0.25, -0.2) is 9.97 Å². The van der Waals surface area contributed by atoms with Gasteiger partial charge in [0.25, 0.3) is 0 Å². The average molecular weight is 298 g/mol. The van der Waals surface area contributed by atoms with Crippen molar-refractivity contribution in [2.24, 2.45) is 7.05 Å². The Hall–Kier alpha value is -2.41. The summed E-state index contributed by atoms with van der Waals surface area (Å²) < 4.78 is 7.28. The van der Waals surface area contributed by atoms with Crippen LogP contribution in [0.2, 0.25) is 0 Å². The van der Waals surface area contributed by atoms with Crippen LogP contribution in [-0.2, 0) is 11.8 Å². The Balaban J connectivity index is 1.91. The highest BCUT2D eigenvalue weighted by Gasteiger charge is 2.21. The Bertz CT molecular complexity index is 815. The van der Waals surface area contributed by atoms with Gasteiger partial charge in [-0.05, 0) is 6.92 Å². The fraction of sp³-hybridized carbons (Fsp3) is 0.400. The molecular weight excluding hydrogens is 280 g/mol. The molecule has 3 aromatic heterocycles. The Morgan fingerprint density at radius 1 is 1.18 bits per heavy atom. The molecule has 114 valence electrons. The minimum absolute atomic E-state index is 0.733. The molecule has 0 radical (unpaired) electrons. The average Bonchev–Trinajstić information content (AvgIpc) is 3.10. The lowest BCUT2D eigenvalue weighted by molar-refractivity contribution is 0.122. The predicted molar refractivity (Wildman–Crippen MR) is 83.9 cm³/mol. The zero-order valence-corrected chi connectivity index (χ0v) is 12.7. The van der Waals surface area contributed by atoms with Crippen molar-refractivity contribution in [3.05, 3.63) is 24.4 Å². The maximum Gasteiger partial charge on any atom is 0.143 e. The summed E-state index contributed by atoms with van der Waals surface area (Å²) in [6.45, 7) is 5.19. The molecule has 4 heterocycles. The number of anilines is 1. The van der Waals surface area contributed by atoms with E-state index >= 15 is 0 Å². The smallest absolute Gasteiger partial charge is 0.143 e. The molecule has 1 aliphatic heterocycles. The summed E-state index contributed by atoms with van der Waals surface area (Å²) in [5.74, 6) is 0.966. The van der Waals surface area contributed by atoms with Gasteiger partial charge < -0.3 is 14.6 Å². The molecule has 3 aromatic rings. The van der Waals surface area contributed by atoms with Crippen molar-refractivity contribution in [2.75, 3.05) is 31.2 Å². The van der Waals surface area contributed by atoms with E-state index in [2.05, 4.69) is 25.0 Å². The van der Waals surface area contributed by atoms with E-state index < -0.39 is 0 Å².